The zero-order valence-corrected chi connectivity index (χ0v) is 16.1. The van der Waals surface area contributed by atoms with Crippen molar-refractivity contribution in [1.82, 2.24) is 5.32 Å². The van der Waals surface area contributed by atoms with E-state index >= 15 is 0 Å². The number of phenolic OH excluding ortho intramolecular Hbond substituents is 1. The predicted molar refractivity (Wildman–Crippen MR) is 111 cm³/mol. The average molecular weight is 377 g/mol. The Morgan fingerprint density at radius 2 is 1.54 bits per heavy atom. The summed E-state index contributed by atoms with van der Waals surface area (Å²) >= 11 is 0. The molecule has 0 aliphatic heterocycles. The summed E-state index contributed by atoms with van der Waals surface area (Å²) < 4.78 is 5.79. The summed E-state index contributed by atoms with van der Waals surface area (Å²) in [6, 6.07) is 24.8. The van der Waals surface area contributed by atoms with Crippen LogP contribution < -0.4 is 10.1 Å². The molecule has 0 aromatic heterocycles. The lowest BCUT2D eigenvalue weighted by molar-refractivity contribution is 0.136. The van der Waals surface area contributed by atoms with Crippen molar-refractivity contribution in [2.24, 2.45) is 0 Å². The lowest BCUT2D eigenvalue weighted by Gasteiger charge is -2.21. The Labute approximate surface area is 166 Å². The lowest BCUT2D eigenvalue weighted by atomic mass is 10.0. The van der Waals surface area contributed by atoms with Gasteiger partial charge in [0, 0.05) is 6.04 Å². The van der Waals surface area contributed by atoms with Gasteiger partial charge in [-0.2, -0.15) is 0 Å². The van der Waals surface area contributed by atoms with Gasteiger partial charge in [0.25, 0.3) is 0 Å². The first-order valence-electron chi connectivity index (χ1n) is 9.58. The SMILES string of the molecule is CC(NCCc1ccc(O)cc1)C(O)c1ccc(OCc2ccccc2)cc1. The maximum atomic E-state index is 10.6. The van der Waals surface area contributed by atoms with Gasteiger partial charge in [-0.3, -0.25) is 0 Å². The van der Waals surface area contributed by atoms with Crippen molar-refractivity contribution < 1.29 is 14.9 Å². The van der Waals surface area contributed by atoms with E-state index in [9.17, 15) is 10.2 Å². The summed E-state index contributed by atoms with van der Waals surface area (Å²) in [7, 11) is 0. The largest absolute Gasteiger partial charge is 0.508 e. The van der Waals surface area contributed by atoms with E-state index in [-0.39, 0.29) is 11.8 Å². The summed E-state index contributed by atoms with van der Waals surface area (Å²) in [6.45, 7) is 3.25. The molecule has 28 heavy (non-hydrogen) atoms. The third-order valence-corrected chi connectivity index (χ3v) is 4.76. The van der Waals surface area contributed by atoms with E-state index in [1.54, 1.807) is 12.1 Å². The normalized spacial score (nSPS) is 13.1. The van der Waals surface area contributed by atoms with Crippen molar-refractivity contribution in [3.8, 4) is 11.5 Å². The number of aliphatic hydroxyl groups excluding tert-OH is 1. The van der Waals surface area contributed by atoms with Crippen molar-refractivity contribution in [3.05, 3.63) is 95.6 Å². The number of ether oxygens (including phenoxy) is 1. The summed E-state index contributed by atoms with van der Waals surface area (Å²) in [6.07, 6.45) is 0.242. The highest BCUT2D eigenvalue weighted by Crippen LogP contribution is 2.21. The van der Waals surface area contributed by atoms with Gasteiger partial charge >= 0.3 is 0 Å². The van der Waals surface area contributed by atoms with Gasteiger partial charge in [-0.15, -0.1) is 0 Å². The summed E-state index contributed by atoms with van der Waals surface area (Å²) in [4.78, 5) is 0. The Bertz CT molecular complexity index is 832. The molecule has 4 nitrogen and oxygen atoms in total. The molecular formula is C24H27NO3. The molecule has 3 rings (SSSR count). The number of aromatic hydroxyl groups is 1. The predicted octanol–water partition coefficient (Wildman–Crippen LogP) is 4.23. The van der Waals surface area contributed by atoms with Crippen LogP contribution >= 0.6 is 0 Å². The minimum Gasteiger partial charge on any atom is -0.508 e. The van der Waals surface area contributed by atoms with Gasteiger partial charge in [-0.05, 0) is 60.8 Å². The Morgan fingerprint density at radius 3 is 2.21 bits per heavy atom. The Hall–Kier alpha value is -2.82. The molecule has 0 saturated heterocycles. The molecule has 146 valence electrons. The second kappa shape index (κ2) is 9.93. The van der Waals surface area contributed by atoms with Crippen LogP contribution in [0.4, 0.5) is 0 Å². The highest BCUT2D eigenvalue weighted by molar-refractivity contribution is 5.30. The topological polar surface area (TPSA) is 61.7 Å². The summed E-state index contributed by atoms with van der Waals surface area (Å²) in [5.74, 6) is 1.06. The van der Waals surface area contributed by atoms with Crippen LogP contribution in [0.1, 0.15) is 29.7 Å². The number of nitrogens with one attached hydrogen (secondary N) is 1. The van der Waals surface area contributed by atoms with Gasteiger partial charge in [0.2, 0.25) is 0 Å². The van der Waals surface area contributed by atoms with Crippen LogP contribution in [0.2, 0.25) is 0 Å². The summed E-state index contributed by atoms with van der Waals surface area (Å²) in [5, 5.41) is 23.3. The van der Waals surface area contributed by atoms with Crippen molar-refractivity contribution in [2.45, 2.75) is 32.1 Å². The van der Waals surface area contributed by atoms with E-state index < -0.39 is 6.10 Å². The average Bonchev–Trinajstić information content (AvgIpc) is 2.74. The number of benzene rings is 3. The van der Waals surface area contributed by atoms with Crippen LogP contribution in [0.25, 0.3) is 0 Å². The zero-order valence-electron chi connectivity index (χ0n) is 16.1. The molecular weight excluding hydrogens is 350 g/mol. The van der Waals surface area contributed by atoms with Crippen LogP contribution in [0, 0.1) is 0 Å². The van der Waals surface area contributed by atoms with Gasteiger partial charge < -0.3 is 20.3 Å². The van der Waals surface area contributed by atoms with Gasteiger partial charge in [-0.25, -0.2) is 0 Å². The third-order valence-electron chi connectivity index (χ3n) is 4.76. The molecule has 0 saturated carbocycles. The van der Waals surface area contributed by atoms with Crippen molar-refractivity contribution in [3.63, 3.8) is 0 Å². The van der Waals surface area contributed by atoms with E-state index in [2.05, 4.69) is 5.32 Å². The highest BCUT2D eigenvalue weighted by atomic mass is 16.5. The molecule has 0 spiro atoms. The van der Waals surface area contributed by atoms with E-state index in [0.29, 0.717) is 6.61 Å². The lowest BCUT2D eigenvalue weighted by Crippen LogP contribution is -2.33. The molecule has 4 heteroatoms. The number of hydrogen-bond donors (Lipinski definition) is 3. The van der Waals surface area contributed by atoms with E-state index in [4.69, 9.17) is 4.74 Å². The van der Waals surface area contributed by atoms with E-state index in [1.807, 2.05) is 73.7 Å². The second-order valence-corrected chi connectivity index (χ2v) is 6.95. The van der Waals surface area contributed by atoms with Crippen LogP contribution in [0.5, 0.6) is 11.5 Å². The fourth-order valence-electron chi connectivity index (χ4n) is 3.01. The number of aliphatic hydroxyl groups is 1. The number of rotatable bonds is 9. The molecule has 3 aromatic carbocycles. The van der Waals surface area contributed by atoms with E-state index in [1.165, 1.54) is 0 Å². The minimum absolute atomic E-state index is 0.0757. The van der Waals surface area contributed by atoms with Crippen LogP contribution in [-0.4, -0.2) is 22.8 Å². The maximum absolute atomic E-state index is 10.6. The molecule has 0 aliphatic carbocycles. The summed E-state index contributed by atoms with van der Waals surface area (Å²) in [5.41, 5.74) is 3.13. The first kappa shape index (κ1) is 19.9. The zero-order chi connectivity index (χ0) is 19.8. The smallest absolute Gasteiger partial charge is 0.119 e. The molecule has 0 heterocycles. The highest BCUT2D eigenvalue weighted by Gasteiger charge is 2.15. The molecule has 3 N–H and O–H groups in total. The van der Waals surface area contributed by atoms with Crippen molar-refractivity contribution >= 4 is 0 Å². The van der Waals surface area contributed by atoms with Crippen LogP contribution in [-0.2, 0) is 13.0 Å². The maximum Gasteiger partial charge on any atom is 0.119 e. The first-order valence-corrected chi connectivity index (χ1v) is 9.58. The first-order chi connectivity index (χ1) is 13.6. The van der Waals surface area contributed by atoms with Gasteiger partial charge in [0.1, 0.15) is 18.1 Å². The van der Waals surface area contributed by atoms with Gasteiger partial charge in [0.15, 0.2) is 0 Å². The Kier molecular flexibility index (Phi) is 7.06. The number of phenols is 1. The van der Waals surface area contributed by atoms with Crippen molar-refractivity contribution in [1.29, 1.82) is 0 Å². The molecule has 0 fully saturated rings. The number of hydrogen-bond acceptors (Lipinski definition) is 4. The Morgan fingerprint density at radius 1 is 0.857 bits per heavy atom. The van der Waals surface area contributed by atoms with Gasteiger partial charge in [0.05, 0.1) is 6.10 Å². The van der Waals surface area contributed by atoms with E-state index in [0.717, 1.165) is 35.4 Å². The molecule has 0 amide bonds. The Balaban J connectivity index is 1.46. The quantitative estimate of drug-likeness (QED) is 0.522. The fraction of sp³-hybridized carbons (Fsp3) is 0.250. The standard InChI is InChI=1S/C24H27NO3/c1-18(25-16-15-19-7-11-22(26)12-8-19)24(27)21-9-13-23(14-10-21)28-17-20-5-3-2-4-6-20/h2-14,18,24-27H,15-17H2,1H3. The minimum atomic E-state index is -0.594. The van der Waals surface area contributed by atoms with Crippen LogP contribution in [0.3, 0.4) is 0 Å². The molecule has 0 aliphatic rings. The second-order valence-electron chi connectivity index (χ2n) is 6.95. The van der Waals surface area contributed by atoms with Crippen LogP contribution in [0.15, 0.2) is 78.9 Å². The molecule has 2 unspecified atom stereocenters. The molecule has 0 bridgehead atoms. The van der Waals surface area contributed by atoms with Gasteiger partial charge in [-0.1, -0.05) is 54.6 Å². The fourth-order valence-corrected chi connectivity index (χ4v) is 3.01. The monoisotopic (exact) mass is 377 g/mol. The molecule has 2 atom stereocenters. The van der Waals surface area contributed by atoms with Crippen molar-refractivity contribution in [2.75, 3.05) is 6.54 Å². The molecule has 3 aromatic rings. The molecule has 0 radical (unpaired) electrons. The third kappa shape index (κ3) is 5.84.